The third-order valence-corrected chi connectivity index (χ3v) is 4.59. The third kappa shape index (κ3) is 3.63. The fourth-order valence-electron chi connectivity index (χ4n) is 2.26. The van der Waals surface area contributed by atoms with Crippen LogP contribution in [-0.4, -0.2) is 21.9 Å². The normalized spacial score (nSPS) is 10.6. The van der Waals surface area contributed by atoms with Crippen molar-refractivity contribution in [2.45, 2.75) is 11.8 Å². The summed E-state index contributed by atoms with van der Waals surface area (Å²) in [4.78, 5) is 13.4. The van der Waals surface area contributed by atoms with Gasteiger partial charge < -0.3 is 5.32 Å². The quantitative estimate of drug-likeness (QED) is 0.682. The van der Waals surface area contributed by atoms with Crippen LogP contribution in [0, 0.1) is 6.92 Å². The highest BCUT2D eigenvalue weighted by Gasteiger charge is 2.11. The summed E-state index contributed by atoms with van der Waals surface area (Å²) in [5, 5.41) is 7.67. The van der Waals surface area contributed by atoms with E-state index in [2.05, 4.69) is 10.4 Å². The Kier molecular flexibility index (Phi) is 4.92. The first-order valence-electron chi connectivity index (χ1n) is 7.34. The van der Waals surface area contributed by atoms with E-state index < -0.39 is 0 Å². The van der Waals surface area contributed by atoms with Gasteiger partial charge in [-0.1, -0.05) is 11.6 Å². The first kappa shape index (κ1) is 16.6. The minimum absolute atomic E-state index is 0.224. The van der Waals surface area contributed by atoms with Crippen molar-refractivity contribution in [3.63, 3.8) is 0 Å². The van der Waals surface area contributed by atoms with E-state index in [1.807, 2.05) is 55.8 Å². The lowest BCUT2D eigenvalue weighted by Crippen LogP contribution is -2.12. The number of carbonyl (C=O) groups is 1. The van der Waals surface area contributed by atoms with Gasteiger partial charge in [0.2, 0.25) is 0 Å². The lowest BCUT2D eigenvalue weighted by molar-refractivity contribution is 0.102. The highest BCUT2D eigenvalue weighted by atomic mass is 35.5. The maximum absolute atomic E-state index is 12.4. The number of rotatable bonds is 4. The van der Waals surface area contributed by atoms with E-state index >= 15 is 0 Å². The average molecular weight is 358 g/mol. The van der Waals surface area contributed by atoms with Crippen molar-refractivity contribution in [3.05, 3.63) is 71.0 Å². The maximum atomic E-state index is 12.4. The highest BCUT2D eigenvalue weighted by molar-refractivity contribution is 7.98. The first-order valence-corrected chi connectivity index (χ1v) is 8.95. The van der Waals surface area contributed by atoms with Crippen molar-refractivity contribution >= 4 is 35.0 Å². The first-order chi connectivity index (χ1) is 11.6. The number of anilines is 1. The lowest BCUT2D eigenvalue weighted by atomic mass is 10.2. The highest BCUT2D eigenvalue weighted by Crippen LogP contribution is 2.24. The van der Waals surface area contributed by atoms with Gasteiger partial charge in [-0.15, -0.1) is 11.8 Å². The van der Waals surface area contributed by atoms with Crippen LogP contribution in [0.1, 0.15) is 16.1 Å². The van der Waals surface area contributed by atoms with Crippen molar-refractivity contribution in [1.82, 2.24) is 9.78 Å². The summed E-state index contributed by atoms with van der Waals surface area (Å²) in [6, 6.07) is 14.9. The van der Waals surface area contributed by atoms with Gasteiger partial charge in [0, 0.05) is 16.8 Å². The third-order valence-electron chi connectivity index (χ3n) is 3.53. The number of carbonyl (C=O) groups excluding carboxylic acids is 1. The molecule has 0 saturated heterocycles. The smallest absolute Gasteiger partial charge is 0.257 e. The molecule has 3 rings (SSSR count). The standard InChI is InChI=1S/C18H16ClN3OS/c1-12-9-10-22(21-12)14-5-3-13(4-6-14)20-18(23)16-11-15(24-2)7-8-17(16)19/h3-11H,1-2H3,(H,20,23). The molecule has 0 aliphatic carbocycles. The number of benzene rings is 2. The van der Waals surface area contributed by atoms with E-state index in [0.717, 1.165) is 16.3 Å². The summed E-state index contributed by atoms with van der Waals surface area (Å²) in [5.41, 5.74) is 3.06. The fraction of sp³-hybridized carbons (Fsp3) is 0.111. The number of hydrogen-bond acceptors (Lipinski definition) is 3. The van der Waals surface area contributed by atoms with E-state index in [9.17, 15) is 4.79 Å². The van der Waals surface area contributed by atoms with Gasteiger partial charge in [0.25, 0.3) is 5.91 Å². The van der Waals surface area contributed by atoms with Crippen molar-refractivity contribution in [2.75, 3.05) is 11.6 Å². The molecule has 2 aromatic carbocycles. The van der Waals surface area contributed by atoms with Crippen molar-refractivity contribution in [1.29, 1.82) is 0 Å². The number of aryl methyl sites for hydroxylation is 1. The van der Waals surface area contributed by atoms with Crippen LogP contribution in [-0.2, 0) is 0 Å². The Labute approximate surface area is 149 Å². The number of halogens is 1. The van der Waals surface area contributed by atoms with Gasteiger partial charge in [-0.2, -0.15) is 5.10 Å². The van der Waals surface area contributed by atoms with Crippen LogP contribution >= 0.6 is 23.4 Å². The number of hydrogen-bond donors (Lipinski definition) is 1. The fourth-order valence-corrected chi connectivity index (χ4v) is 2.90. The van der Waals surface area contributed by atoms with Gasteiger partial charge in [0.15, 0.2) is 0 Å². The molecular weight excluding hydrogens is 342 g/mol. The lowest BCUT2D eigenvalue weighted by Gasteiger charge is -2.09. The summed E-state index contributed by atoms with van der Waals surface area (Å²) < 4.78 is 1.79. The topological polar surface area (TPSA) is 46.9 Å². The van der Waals surface area contributed by atoms with Gasteiger partial charge in [0.1, 0.15) is 0 Å². The molecule has 0 saturated carbocycles. The summed E-state index contributed by atoms with van der Waals surface area (Å²) in [5.74, 6) is -0.224. The van der Waals surface area contributed by atoms with Crippen LogP contribution in [0.4, 0.5) is 5.69 Å². The molecule has 0 radical (unpaired) electrons. The van der Waals surface area contributed by atoms with Crippen molar-refractivity contribution in [2.24, 2.45) is 0 Å². The van der Waals surface area contributed by atoms with Crippen LogP contribution in [0.3, 0.4) is 0 Å². The Morgan fingerprint density at radius 1 is 1.17 bits per heavy atom. The molecule has 0 atom stereocenters. The summed E-state index contributed by atoms with van der Waals surface area (Å²) in [6.45, 7) is 1.94. The zero-order chi connectivity index (χ0) is 17.1. The van der Waals surface area contributed by atoms with E-state index in [1.165, 1.54) is 0 Å². The molecule has 0 spiro atoms. The molecule has 0 aliphatic rings. The van der Waals surface area contributed by atoms with E-state index in [0.29, 0.717) is 16.3 Å². The van der Waals surface area contributed by atoms with Crippen LogP contribution in [0.2, 0.25) is 5.02 Å². The molecule has 122 valence electrons. The van der Waals surface area contributed by atoms with Crippen molar-refractivity contribution < 1.29 is 4.79 Å². The van der Waals surface area contributed by atoms with Crippen LogP contribution in [0.5, 0.6) is 0 Å². The van der Waals surface area contributed by atoms with Crippen LogP contribution in [0.15, 0.2) is 59.6 Å². The van der Waals surface area contributed by atoms with E-state index in [-0.39, 0.29) is 5.91 Å². The number of aromatic nitrogens is 2. The molecule has 6 heteroatoms. The van der Waals surface area contributed by atoms with Gasteiger partial charge in [-0.25, -0.2) is 4.68 Å². The molecule has 0 aliphatic heterocycles. The van der Waals surface area contributed by atoms with Crippen molar-refractivity contribution in [3.8, 4) is 5.69 Å². The average Bonchev–Trinajstić information content (AvgIpc) is 3.02. The number of amides is 1. The molecule has 1 N–H and O–H groups in total. The minimum Gasteiger partial charge on any atom is -0.322 e. The Hall–Kier alpha value is -2.24. The zero-order valence-corrected chi connectivity index (χ0v) is 14.9. The Morgan fingerprint density at radius 2 is 1.92 bits per heavy atom. The molecule has 4 nitrogen and oxygen atoms in total. The molecule has 1 heterocycles. The number of nitrogens with zero attached hydrogens (tertiary/aromatic N) is 2. The minimum atomic E-state index is -0.224. The predicted octanol–water partition coefficient (Wildman–Crippen LogP) is 4.81. The Bertz CT molecular complexity index is 874. The number of nitrogens with one attached hydrogen (secondary N) is 1. The molecule has 3 aromatic rings. The SMILES string of the molecule is CSc1ccc(Cl)c(C(=O)Nc2ccc(-n3ccc(C)n3)cc2)c1. The van der Waals surface area contributed by atoms with Gasteiger partial charge in [0.05, 0.1) is 22.0 Å². The Morgan fingerprint density at radius 3 is 2.54 bits per heavy atom. The molecule has 24 heavy (non-hydrogen) atoms. The summed E-state index contributed by atoms with van der Waals surface area (Å²) in [6.07, 6.45) is 3.86. The monoisotopic (exact) mass is 357 g/mol. The number of thioether (sulfide) groups is 1. The van der Waals surface area contributed by atoms with Crippen LogP contribution in [0.25, 0.3) is 5.69 Å². The summed E-state index contributed by atoms with van der Waals surface area (Å²) in [7, 11) is 0. The largest absolute Gasteiger partial charge is 0.322 e. The molecule has 1 aromatic heterocycles. The maximum Gasteiger partial charge on any atom is 0.257 e. The van der Waals surface area contributed by atoms with Gasteiger partial charge in [-0.05, 0) is 61.7 Å². The molecular formula is C18H16ClN3OS. The van der Waals surface area contributed by atoms with Gasteiger partial charge >= 0.3 is 0 Å². The molecule has 0 unspecified atom stereocenters. The zero-order valence-electron chi connectivity index (χ0n) is 13.3. The van der Waals surface area contributed by atoms with E-state index in [4.69, 9.17) is 11.6 Å². The molecule has 0 fully saturated rings. The predicted molar refractivity (Wildman–Crippen MR) is 99.5 cm³/mol. The molecule has 0 bridgehead atoms. The van der Waals surface area contributed by atoms with Crippen LogP contribution < -0.4 is 5.32 Å². The Balaban J connectivity index is 1.77. The second-order valence-corrected chi connectivity index (χ2v) is 6.54. The second-order valence-electron chi connectivity index (χ2n) is 5.25. The molecule has 1 amide bonds. The van der Waals surface area contributed by atoms with Gasteiger partial charge in [-0.3, -0.25) is 4.79 Å². The second kappa shape index (κ2) is 7.11. The van der Waals surface area contributed by atoms with E-state index in [1.54, 1.807) is 28.6 Å². The summed E-state index contributed by atoms with van der Waals surface area (Å²) >= 11 is 7.71.